The average molecular weight is 524 g/mol. The quantitative estimate of drug-likeness (QED) is 0.512. The Labute approximate surface area is 215 Å². The Kier molecular flexibility index (Phi) is 5.67. The maximum Gasteiger partial charge on any atom is 0.410 e. The second kappa shape index (κ2) is 8.41. The number of anilines is 1. The van der Waals surface area contributed by atoms with Crippen molar-refractivity contribution in [2.24, 2.45) is 5.41 Å². The highest BCUT2D eigenvalue weighted by Gasteiger charge is 2.51. The Morgan fingerprint density at radius 1 is 1.22 bits per heavy atom. The second-order valence-electron chi connectivity index (χ2n) is 11.0. The summed E-state index contributed by atoms with van der Waals surface area (Å²) >= 11 is 0. The van der Waals surface area contributed by atoms with E-state index in [1.54, 1.807) is 11.1 Å². The summed E-state index contributed by atoms with van der Waals surface area (Å²) in [6.45, 7) is 9.56. The zero-order chi connectivity index (χ0) is 26.8. The lowest BCUT2D eigenvalue weighted by molar-refractivity contribution is -0.0266. The van der Waals surface area contributed by atoms with Crippen molar-refractivity contribution in [1.29, 1.82) is 5.26 Å². The number of H-pyrrole nitrogens is 1. The number of carbonyl (C=O) groups excluding carboxylic acids is 1. The molecule has 2 aliphatic rings. The molecule has 37 heavy (non-hydrogen) atoms. The van der Waals surface area contributed by atoms with Crippen molar-refractivity contribution in [1.82, 2.24) is 25.1 Å². The van der Waals surface area contributed by atoms with Gasteiger partial charge in [-0.3, -0.25) is 5.10 Å². The summed E-state index contributed by atoms with van der Waals surface area (Å²) in [5, 5.41) is 17.7. The molecule has 2 saturated heterocycles. The van der Waals surface area contributed by atoms with E-state index in [4.69, 9.17) is 4.74 Å². The van der Waals surface area contributed by atoms with Gasteiger partial charge in [0.1, 0.15) is 17.2 Å². The number of sulfone groups is 1. The van der Waals surface area contributed by atoms with Gasteiger partial charge in [0.05, 0.1) is 17.4 Å². The van der Waals surface area contributed by atoms with Crippen LogP contribution in [0.2, 0.25) is 0 Å². The molecule has 0 bridgehead atoms. The summed E-state index contributed by atoms with van der Waals surface area (Å²) in [5.74, 6) is 0.292. The van der Waals surface area contributed by atoms with E-state index < -0.39 is 15.4 Å². The zero-order valence-corrected chi connectivity index (χ0v) is 22.3. The molecule has 1 aromatic carbocycles. The molecule has 0 aliphatic carbocycles. The molecule has 5 rings (SSSR count). The third-order valence-electron chi connectivity index (χ3n) is 6.82. The van der Waals surface area contributed by atoms with Crippen LogP contribution in [0.15, 0.2) is 23.5 Å². The molecule has 1 N–H and O–H groups in total. The average Bonchev–Trinajstić information content (AvgIpc) is 3.43. The van der Waals surface area contributed by atoms with Crippen molar-refractivity contribution in [3.8, 4) is 17.3 Å². The van der Waals surface area contributed by atoms with Crippen molar-refractivity contribution in [2.75, 3.05) is 37.3 Å². The van der Waals surface area contributed by atoms with Crippen LogP contribution in [-0.2, 0) is 14.6 Å². The summed E-state index contributed by atoms with van der Waals surface area (Å²) in [7, 11) is -3.77. The molecule has 4 heterocycles. The van der Waals surface area contributed by atoms with Gasteiger partial charge < -0.3 is 14.5 Å². The minimum atomic E-state index is -3.77. The van der Waals surface area contributed by atoms with E-state index >= 15 is 0 Å². The van der Waals surface area contributed by atoms with Gasteiger partial charge in [-0.2, -0.15) is 15.3 Å². The third kappa shape index (κ3) is 4.48. The fourth-order valence-electron chi connectivity index (χ4n) is 5.14. The molecule has 12 heteroatoms. The minimum Gasteiger partial charge on any atom is -0.444 e. The molecule has 0 unspecified atom stereocenters. The molecule has 2 aliphatic heterocycles. The van der Waals surface area contributed by atoms with E-state index in [-0.39, 0.29) is 27.9 Å². The van der Waals surface area contributed by atoms with Crippen LogP contribution in [0.4, 0.5) is 10.6 Å². The highest BCUT2D eigenvalue weighted by Crippen LogP contribution is 2.43. The highest BCUT2D eigenvalue weighted by atomic mass is 32.2. The molecular weight excluding hydrogens is 494 g/mol. The summed E-state index contributed by atoms with van der Waals surface area (Å²) in [6.07, 6.45) is 3.14. The third-order valence-corrected chi connectivity index (χ3v) is 7.67. The Morgan fingerprint density at radius 2 is 1.95 bits per heavy atom. The number of rotatable bonds is 3. The van der Waals surface area contributed by atoms with E-state index in [1.807, 2.05) is 44.7 Å². The second-order valence-corrected chi connectivity index (χ2v) is 12.9. The molecule has 3 aromatic rings. The minimum absolute atomic E-state index is 0.166. The first-order chi connectivity index (χ1) is 17.3. The van der Waals surface area contributed by atoms with Crippen LogP contribution >= 0.6 is 0 Å². The van der Waals surface area contributed by atoms with Gasteiger partial charge in [0.15, 0.2) is 5.82 Å². The summed E-state index contributed by atoms with van der Waals surface area (Å²) < 4.78 is 30.7. The molecular formula is C25H29N7O4S. The first-order valence-electron chi connectivity index (χ1n) is 12.0. The fraction of sp³-hybridized carbons (Fsp3) is 0.480. The van der Waals surface area contributed by atoms with Crippen molar-refractivity contribution in [2.45, 2.75) is 44.9 Å². The van der Waals surface area contributed by atoms with Gasteiger partial charge in [-0.05, 0) is 45.7 Å². The SMILES string of the molecule is Cc1ccc2[nH]ncc2c1-c1nc(S(C)(=O)=O)nc(N2CCC3(CN(C(=O)OC(C)(C)C)C3)C2)c1C#N. The van der Waals surface area contributed by atoms with E-state index in [0.717, 1.165) is 29.1 Å². The summed E-state index contributed by atoms with van der Waals surface area (Å²) in [5.41, 5.74) is 1.97. The van der Waals surface area contributed by atoms with Crippen LogP contribution in [0.1, 0.15) is 38.3 Å². The van der Waals surface area contributed by atoms with Gasteiger partial charge in [-0.25, -0.2) is 18.2 Å². The van der Waals surface area contributed by atoms with Crippen LogP contribution in [-0.4, -0.2) is 77.6 Å². The largest absolute Gasteiger partial charge is 0.444 e. The van der Waals surface area contributed by atoms with Crippen molar-refractivity contribution < 1.29 is 17.9 Å². The number of likely N-dealkylation sites (tertiary alicyclic amines) is 1. The van der Waals surface area contributed by atoms with E-state index in [0.29, 0.717) is 37.6 Å². The summed E-state index contributed by atoms with van der Waals surface area (Å²) in [6, 6.07) is 6.00. The Hall–Kier alpha value is -3.72. The van der Waals surface area contributed by atoms with Gasteiger partial charge in [-0.15, -0.1) is 0 Å². The van der Waals surface area contributed by atoms with Crippen LogP contribution < -0.4 is 4.90 Å². The fourth-order valence-corrected chi connectivity index (χ4v) is 5.65. The molecule has 1 amide bonds. The predicted octanol–water partition coefficient (Wildman–Crippen LogP) is 3.05. The molecule has 0 radical (unpaired) electrons. The van der Waals surface area contributed by atoms with Crippen LogP contribution in [0.5, 0.6) is 0 Å². The lowest BCUT2D eigenvalue weighted by Gasteiger charge is -2.47. The number of aromatic nitrogens is 4. The van der Waals surface area contributed by atoms with Gasteiger partial charge in [0.25, 0.3) is 0 Å². The molecule has 11 nitrogen and oxygen atoms in total. The number of ether oxygens (including phenoxy) is 1. The maximum atomic E-state index is 12.6. The molecule has 194 valence electrons. The Balaban J connectivity index is 1.54. The molecule has 2 aromatic heterocycles. The Bertz CT molecular complexity index is 1560. The number of hydrogen-bond acceptors (Lipinski definition) is 9. The number of aryl methyl sites for hydroxylation is 1. The van der Waals surface area contributed by atoms with Gasteiger partial charge in [-0.1, -0.05) is 6.07 Å². The summed E-state index contributed by atoms with van der Waals surface area (Å²) in [4.78, 5) is 24.8. The number of fused-ring (bicyclic) bond motifs is 1. The van der Waals surface area contributed by atoms with Gasteiger partial charge in [0.2, 0.25) is 15.0 Å². The van der Waals surface area contributed by atoms with E-state index in [1.165, 1.54) is 0 Å². The van der Waals surface area contributed by atoms with Crippen molar-refractivity contribution in [3.05, 3.63) is 29.5 Å². The van der Waals surface area contributed by atoms with Crippen molar-refractivity contribution >= 4 is 32.7 Å². The topological polar surface area (TPSA) is 145 Å². The molecule has 2 fully saturated rings. The smallest absolute Gasteiger partial charge is 0.410 e. The van der Waals surface area contributed by atoms with E-state index in [2.05, 4.69) is 26.2 Å². The number of carbonyl (C=O) groups is 1. The normalized spacial score (nSPS) is 17.2. The number of benzene rings is 1. The first kappa shape index (κ1) is 25.0. The zero-order valence-electron chi connectivity index (χ0n) is 21.5. The number of aromatic amines is 1. The van der Waals surface area contributed by atoms with Gasteiger partial charge in [0, 0.05) is 48.8 Å². The number of amides is 1. The number of hydrogen-bond donors (Lipinski definition) is 1. The van der Waals surface area contributed by atoms with Crippen LogP contribution in [0, 0.1) is 23.7 Å². The predicted molar refractivity (Wildman–Crippen MR) is 137 cm³/mol. The van der Waals surface area contributed by atoms with Gasteiger partial charge >= 0.3 is 6.09 Å². The molecule has 0 saturated carbocycles. The molecule has 0 atom stereocenters. The van der Waals surface area contributed by atoms with E-state index in [9.17, 15) is 18.5 Å². The number of nitrogens with one attached hydrogen (secondary N) is 1. The van der Waals surface area contributed by atoms with Crippen LogP contribution in [0.25, 0.3) is 22.2 Å². The highest BCUT2D eigenvalue weighted by molar-refractivity contribution is 7.90. The number of nitrogens with zero attached hydrogens (tertiary/aromatic N) is 6. The Morgan fingerprint density at radius 3 is 2.59 bits per heavy atom. The lowest BCUT2D eigenvalue weighted by Crippen LogP contribution is -2.60. The van der Waals surface area contributed by atoms with Crippen LogP contribution in [0.3, 0.4) is 0 Å². The monoisotopic (exact) mass is 523 g/mol. The standard InChI is InChI=1S/C25H29N7O4S/c1-15-6-7-18-17(11-27-30-18)19(15)20-16(10-26)21(29-22(28-20)37(5,34)35)31-9-8-25(12-31)13-32(14-25)23(33)36-24(2,3)4/h6-7,11H,8-9,12-14H2,1-5H3,(H,27,30). The molecule has 1 spiro atoms. The number of nitriles is 1. The van der Waals surface area contributed by atoms with Crippen molar-refractivity contribution in [3.63, 3.8) is 0 Å². The first-order valence-corrected chi connectivity index (χ1v) is 13.9. The lowest BCUT2D eigenvalue weighted by atomic mass is 9.79. The maximum absolute atomic E-state index is 12.6.